The maximum atomic E-state index is 13.1. The average molecular weight is 342 g/mol. The van der Waals surface area contributed by atoms with Crippen LogP contribution in [0.2, 0.25) is 0 Å². The molecule has 0 amide bonds. The molecule has 7 nitrogen and oxygen atoms in total. The lowest BCUT2D eigenvalue weighted by atomic mass is 10.1. The Morgan fingerprint density at radius 1 is 1.36 bits per heavy atom. The molecule has 0 aliphatic rings. The van der Waals surface area contributed by atoms with Crippen LogP contribution in [-0.4, -0.2) is 41.9 Å². The maximum Gasteiger partial charge on any atom is 0.359 e. The van der Waals surface area contributed by atoms with Crippen LogP contribution in [0.5, 0.6) is 0 Å². The average Bonchev–Trinajstić information content (AvgIpc) is 2.60. The molecule has 8 heteroatoms. The van der Waals surface area contributed by atoms with E-state index in [1.54, 1.807) is 31.3 Å². The van der Waals surface area contributed by atoms with Crippen LogP contribution in [0.15, 0.2) is 35.3 Å². The van der Waals surface area contributed by atoms with Gasteiger partial charge in [-0.15, -0.1) is 0 Å². The lowest BCUT2D eigenvalue weighted by molar-refractivity contribution is 0.0591. The Bertz CT molecular complexity index is 925. The first-order valence-corrected chi connectivity index (χ1v) is 7.15. The van der Waals surface area contributed by atoms with Gasteiger partial charge in [-0.25, -0.2) is 9.18 Å². The Kier molecular flexibility index (Phi) is 5.29. The number of carbonyl (C=O) groups is 1. The van der Waals surface area contributed by atoms with Crippen molar-refractivity contribution in [3.8, 4) is 11.8 Å². The van der Waals surface area contributed by atoms with Crippen LogP contribution in [0, 0.1) is 17.1 Å². The van der Waals surface area contributed by atoms with Crippen molar-refractivity contribution in [2.45, 2.75) is 0 Å². The van der Waals surface area contributed by atoms with Gasteiger partial charge in [0.25, 0.3) is 5.56 Å². The molecule has 0 fully saturated rings. The summed E-state index contributed by atoms with van der Waals surface area (Å²) in [4.78, 5) is 26.4. The van der Waals surface area contributed by atoms with E-state index in [0.29, 0.717) is 0 Å². The monoisotopic (exact) mass is 342 g/mol. The summed E-state index contributed by atoms with van der Waals surface area (Å²) in [5, 5.41) is 13.4. The maximum absolute atomic E-state index is 13.1. The van der Waals surface area contributed by atoms with Gasteiger partial charge in [-0.05, 0) is 36.5 Å². The summed E-state index contributed by atoms with van der Waals surface area (Å²) in [6.45, 7) is 0. The van der Waals surface area contributed by atoms with E-state index in [-0.39, 0.29) is 22.5 Å². The second-order valence-corrected chi connectivity index (χ2v) is 5.21. The van der Waals surface area contributed by atoms with Gasteiger partial charge in [0.2, 0.25) is 0 Å². The van der Waals surface area contributed by atoms with Gasteiger partial charge in [-0.1, -0.05) is 0 Å². The Morgan fingerprint density at radius 2 is 2.00 bits per heavy atom. The predicted molar refractivity (Wildman–Crippen MR) is 88.6 cm³/mol. The molecule has 25 heavy (non-hydrogen) atoms. The standard InChI is InChI=1S/C17H15FN4O3/c1-21(2)9-8-13-14(10-19)16(23)22(20-15(13)17(24)25-3)12-6-4-11(18)5-7-12/h4-9H,1-3H3. The predicted octanol–water partition coefficient (Wildman–Crippen LogP) is 1.56. The summed E-state index contributed by atoms with van der Waals surface area (Å²) in [7, 11) is 4.66. The molecule has 0 saturated heterocycles. The Morgan fingerprint density at radius 3 is 2.52 bits per heavy atom. The lowest BCUT2D eigenvalue weighted by Crippen LogP contribution is -2.28. The van der Waals surface area contributed by atoms with Crippen molar-refractivity contribution >= 4 is 12.0 Å². The quantitative estimate of drug-likeness (QED) is 0.784. The SMILES string of the molecule is COC(=O)c1nn(-c2ccc(F)cc2)c(=O)c(C#N)c1C=CN(C)C. The van der Waals surface area contributed by atoms with Gasteiger partial charge < -0.3 is 9.64 Å². The summed E-state index contributed by atoms with van der Waals surface area (Å²) in [6, 6.07) is 6.74. The number of nitrogens with zero attached hydrogens (tertiary/aromatic N) is 4. The van der Waals surface area contributed by atoms with Gasteiger partial charge in [0.15, 0.2) is 5.69 Å². The third-order valence-electron chi connectivity index (χ3n) is 3.23. The molecule has 0 N–H and O–H groups in total. The van der Waals surface area contributed by atoms with E-state index in [2.05, 4.69) is 5.10 Å². The molecule has 0 saturated carbocycles. The first kappa shape index (κ1) is 17.9. The number of nitriles is 1. The van der Waals surface area contributed by atoms with Crippen molar-refractivity contribution in [1.82, 2.24) is 14.7 Å². The summed E-state index contributed by atoms with van der Waals surface area (Å²) < 4.78 is 18.7. The molecule has 0 bridgehead atoms. The van der Waals surface area contributed by atoms with E-state index in [0.717, 1.165) is 16.8 Å². The molecule has 0 spiro atoms. The highest BCUT2D eigenvalue weighted by atomic mass is 19.1. The zero-order chi connectivity index (χ0) is 18.6. The van der Waals surface area contributed by atoms with Crippen molar-refractivity contribution in [2.75, 3.05) is 21.2 Å². The number of rotatable bonds is 4. The van der Waals surface area contributed by atoms with E-state index in [1.807, 2.05) is 0 Å². The normalized spacial score (nSPS) is 10.5. The Labute approximate surface area is 143 Å². The van der Waals surface area contributed by atoms with Crippen LogP contribution >= 0.6 is 0 Å². The van der Waals surface area contributed by atoms with Gasteiger partial charge >= 0.3 is 5.97 Å². The van der Waals surface area contributed by atoms with Crippen molar-refractivity contribution < 1.29 is 13.9 Å². The number of benzene rings is 1. The second-order valence-electron chi connectivity index (χ2n) is 5.21. The summed E-state index contributed by atoms with van der Waals surface area (Å²) in [5.41, 5.74) is -0.901. The molecular formula is C17H15FN4O3. The van der Waals surface area contributed by atoms with Crippen molar-refractivity contribution in [3.05, 3.63) is 63.5 Å². The fourth-order valence-corrected chi connectivity index (χ4v) is 2.04. The van der Waals surface area contributed by atoms with Crippen LogP contribution < -0.4 is 5.56 Å². The molecule has 1 aromatic carbocycles. The molecule has 1 heterocycles. The number of hydrogen-bond donors (Lipinski definition) is 0. The number of ether oxygens (including phenoxy) is 1. The topological polar surface area (TPSA) is 88.2 Å². The van der Waals surface area contributed by atoms with Crippen LogP contribution in [-0.2, 0) is 4.74 Å². The third-order valence-corrected chi connectivity index (χ3v) is 3.23. The molecule has 2 aromatic rings. The highest BCUT2D eigenvalue weighted by Crippen LogP contribution is 2.15. The first-order valence-electron chi connectivity index (χ1n) is 7.15. The van der Waals surface area contributed by atoms with Crippen molar-refractivity contribution in [1.29, 1.82) is 5.26 Å². The summed E-state index contributed by atoms with van der Waals surface area (Å²) >= 11 is 0. The molecule has 2 rings (SSSR count). The smallest absolute Gasteiger partial charge is 0.359 e. The van der Waals surface area contributed by atoms with Gasteiger partial charge in [0, 0.05) is 19.7 Å². The molecule has 0 aliphatic carbocycles. The molecule has 0 atom stereocenters. The minimum atomic E-state index is -0.800. The number of aromatic nitrogens is 2. The summed E-state index contributed by atoms with van der Waals surface area (Å²) in [5.74, 6) is -1.29. The number of hydrogen-bond acceptors (Lipinski definition) is 6. The van der Waals surface area contributed by atoms with E-state index in [1.165, 1.54) is 25.3 Å². The van der Waals surface area contributed by atoms with E-state index in [4.69, 9.17) is 4.74 Å². The fraction of sp³-hybridized carbons (Fsp3) is 0.176. The zero-order valence-electron chi connectivity index (χ0n) is 13.9. The van der Waals surface area contributed by atoms with E-state index < -0.39 is 17.3 Å². The molecular weight excluding hydrogens is 327 g/mol. The number of carbonyl (C=O) groups excluding carboxylic acids is 1. The number of methoxy groups -OCH3 is 1. The first-order chi connectivity index (χ1) is 11.9. The fourth-order valence-electron chi connectivity index (χ4n) is 2.04. The molecule has 1 aromatic heterocycles. The Hall–Kier alpha value is -3.47. The highest BCUT2D eigenvalue weighted by Gasteiger charge is 2.22. The molecule has 0 unspecified atom stereocenters. The zero-order valence-corrected chi connectivity index (χ0v) is 13.9. The van der Waals surface area contributed by atoms with Gasteiger partial charge in [-0.3, -0.25) is 4.79 Å². The molecule has 0 aliphatic heterocycles. The van der Waals surface area contributed by atoms with Crippen LogP contribution in [0.4, 0.5) is 4.39 Å². The Balaban J connectivity index is 2.81. The third kappa shape index (κ3) is 3.72. The molecule has 0 radical (unpaired) electrons. The second kappa shape index (κ2) is 7.40. The van der Waals surface area contributed by atoms with Gasteiger partial charge in [0.05, 0.1) is 12.8 Å². The summed E-state index contributed by atoms with van der Waals surface area (Å²) in [6.07, 6.45) is 3.01. The van der Waals surface area contributed by atoms with Gasteiger partial charge in [-0.2, -0.15) is 15.0 Å². The number of halogens is 1. The van der Waals surface area contributed by atoms with Gasteiger partial charge in [0.1, 0.15) is 17.4 Å². The molecule has 128 valence electrons. The number of esters is 1. The minimum Gasteiger partial charge on any atom is -0.464 e. The largest absolute Gasteiger partial charge is 0.464 e. The van der Waals surface area contributed by atoms with E-state index >= 15 is 0 Å². The van der Waals surface area contributed by atoms with E-state index in [9.17, 15) is 19.2 Å². The van der Waals surface area contributed by atoms with Crippen LogP contribution in [0.25, 0.3) is 11.8 Å². The van der Waals surface area contributed by atoms with Crippen molar-refractivity contribution in [3.63, 3.8) is 0 Å². The van der Waals surface area contributed by atoms with Crippen LogP contribution in [0.1, 0.15) is 21.6 Å². The van der Waals surface area contributed by atoms with Crippen LogP contribution in [0.3, 0.4) is 0 Å². The van der Waals surface area contributed by atoms with Crippen molar-refractivity contribution in [2.24, 2.45) is 0 Å². The highest BCUT2D eigenvalue weighted by molar-refractivity contribution is 5.92. The lowest BCUT2D eigenvalue weighted by Gasteiger charge is -2.11. The minimum absolute atomic E-state index is 0.0615.